The van der Waals surface area contributed by atoms with Crippen LogP contribution in [0.1, 0.15) is 15.9 Å². The molecule has 2 aliphatic rings. The Morgan fingerprint density at radius 1 is 0.900 bits per heavy atom. The Morgan fingerprint density at radius 2 is 1.63 bits per heavy atom. The van der Waals surface area contributed by atoms with Gasteiger partial charge in [-0.05, 0) is 48.5 Å². The van der Waals surface area contributed by atoms with Crippen LogP contribution in [0.5, 0.6) is 11.5 Å². The number of carbonyl (C=O) groups excluding carboxylic acids is 1. The van der Waals surface area contributed by atoms with Gasteiger partial charge in [-0.3, -0.25) is 9.69 Å². The molecule has 0 aliphatic carbocycles. The second-order valence-corrected chi connectivity index (χ2v) is 7.15. The Bertz CT molecular complexity index is 1150. The molecule has 1 fully saturated rings. The number of nitriles is 1. The fraction of sp³-hybridized carbons (Fsp3) is 0.167. The smallest absolute Gasteiger partial charge is 0.263 e. The number of amides is 1. The third-order valence-electron chi connectivity index (χ3n) is 5.35. The zero-order valence-electron chi connectivity index (χ0n) is 16.2. The Kier molecular flexibility index (Phi) is 4.58. The Labute approximate surface area is 174 Å². The fourth-order valence-electron chi connectivity index (χ4n) is 3.81. The SMILES string of the molecule is N#Cc1ccc2c(c1)Oc1ccccc1N2C(=O)c1ccc(N2CCOCC2)cc1. The van der Waals surface area contributed by atoms with Crippen LogP contribution in [-0.4, -0.2) is 32.2 Å². The number of anilines is 3. The molecular formula is C24H19N3O3. The van der Waals surface area contributed by atoms with Gasteiger partial charge in [-0.15, -0.1) is 0 Å². The van der Waals surface area contributed by atoms with Crippen molar-refractivity contribution in [1.29, 1.82) is 5.26 Å². The van der Waals surface area contributed by atoms with Crippen LogP contribution in [0.4, 0.5) is 17.1 Å². The zero-order chi connectivity index (χ0) is 20.5. The van der Waals surface area contributed by atoms with Gasteiger partial charge in [-0.2, -0.15) is 5.26 Å². The number of ether oxygens (including phenoxy) is 2. The summed E-state index contributed by atoms with van der Waals surface area (Å²) >= 11 is 0. The second-order valence-electron chi connectivity index (χ2n) is 7.15. The number of rotatable bonds is 2. The number of fused-ring (bicyclic) bond motifs is 2. The van der Waals surface area contributed by atoms with Crippen molar-refractivity contribution in [2.45, 2.75) is 0 Å². The highest BCUT2D eigenvalue weighted by Gasteiger charge is 2.30. The minimum absolute atomic E-state index is 0.148. The lowest BCUT2D eigenvalue weighted by molar-refractivity contribution is 0.0997. The molecule has 0 radical (unpaired) electrons. The van der Waals surface area contributed by atoms with E-state index in [4.69, 9.17) is 9.47 Å². The van der Waals surface area contributed by atoms with Gasteiger partial charge in [0.1, 0.15) is 0 Å². The first-order valence-electron chi connectivity index (χ1n) is 9.83. The molecule has 2 aliphatic heterocycles. The number of para-hydroxylation sites is 2. The van der Waals surface area contributed by atoms with Crippen molar-refractivity contribution < 1.29 is 14.3 Å². The number of hydrogen-bond donors (Lipinski definition) is 0. The van der Waals surface area contributed by atoms with Gasteiger partial charge in [0.15, 0.2) is 11.5 Å². The van der Waals surface area contributed by atoms with Gasteiger partial charge < -0.3 is 14.4 Å². The van der Waals surface area contributed by atoms with Crippen LogP contribution in [0.3, 0.4) is 0 Å². The van der Waals surface area contributed by atoms with Crippen molar-refractivity contribution in [3.8, 4) is 17.6 Å². The second kappa shape index (κ2) is 7.54. The van der Waals surface area contributed by atoms with Crippen LogP contribution in [-0.2, 0) is 4.74 Å². The first-order valence-corrected chi connectivity index (χ1v) is 9.83. The van der Waals surface area contributed by atoms with Gasteiger partial charge in [-0.1, -0.05) is 12.1 Å². The molecule has 6 heteroatoms. The van der Waals surface area contributed by atoms with E-state index in [0.717, 1.165) is 18.8 Å². The summed E-state index contributed by atoms with van der Waals surface area (Å²) in [5.74, 6) is 0.926. The third kappa shape index (κ3) is 3.15. The summed E-state index contributed by atoms with van der Waals surface area (Å²) in [6.45, 7) is 3.12. The van der Waals surface area contributed by atoms with E-state index in [1.54, 1.807) is 23.1 Å². The molecule has 0 aromatic heterocycles. The maximum absolute atomic E-state index is 13.5. The van der Waals surface area contributed by atoms with Crippen molar-refractivity contribution in [1.82, 2.24) is 0 Å². The van der Waals surface area contributed by atoms with Crippen LogP contribution >= 0.6 is 0 Å². The van der Waals surface area contributed by atoms with Crippen LogP contribution in [0, 0.1) is 11.3 Å². The molecule has 5 rings (SSSR count). The molecule has 0 bridgehead atoms. The lowest BCUT2D eigenvalue weighted by Crippen LogP contribution is -2.36. The minimum atomic E-state index is -0.148. The van der Waals surface area contributed by atoms with Crippen LogP contribution < -0.4 is 14.5 Å². The van der Waals surface area contributed by atoms with E-state index in [2.05, 4.69) is 11.0 Å². The van der Waals surface area contributed by atoms with E-state index in [-0.39, 0.29) is 5.91 Å². The molecule has 1 amide bonds. The molecule has 6 nitrogen and oxygen atoms in total. The molecule has 0 atom stereocenters. The van der Waals surface area contributed by atoms with Gasteiger partial charge in [0.2, 0.25) is 0 Å². The van der Waals surface area contributed by atoms with Crippen molar-refractivity contribution in [3.63, 3.8) is 0 Å². The molecule has 0 N–H and O–H groups in total. The summed E-state index contributed by atoms with van der Waals surface area (Å²) < 4.78 is 11.4. The summed E-state index contributed by atoms with van der Waals surface area (Å²) in [6, 6.07) is 22.3. The van der Waals surface area contributed by atoms with Gasteiger partial charge in [0.25, 0.3) is 5.91 Å². The third-order valence-corrected chi connectivity index (χ3v) is 5.35. The van der Waals surface area contributed by atoms with Gasteiger partial charge in [0, 0.05) is 30.4 Å². The van der Waals surface area contributed by atoms with Crippen LogP contribution in [0.2, 0.25) is 0 Å². The normalized spacial score (nSPS) is 14.9. The quantitative estimate of drug-likeness (QED) is 0.638. The topological polar surface area (TPSA) is 65.8 Å². The highest BCUT2D eigenvalue weighted by Crippen LogP contribution is 2.47. The summed E-state index contributed by atoms with van der Waals surface area (Å²) in [7, 11) is 0. The number of nitrogens with zero attached hydrogens (tertiary/aromatic N) is 3. The molecule has 0 unspecified atom stereocenters. The van der Waals surface area contributed by atoms with Crippen LogP contribution in [0.15, 0.2) is 66.7 Å². The molecule has 3 aromatic carbocycles. The Hall–Kier alpha value is -3.82. The molecule has 148 valence electrons. The van der Waals surface area contributed by atoms with E-state index in [1.807, 2.05) is 48.5 Å². The predicted octanol–water partition coefficient (Wildman–Crippen LogP) is 4.48. The van der Waals surface area contributed by atoms with E-state index < -0.39 is 0 Å². The number of carbonyl (C=O) groups is 1. The predicted molar refractivity (Wildman–Crippen MR) is 114 cm³/mol. The zero-order valence-corrected chi connectivity index (χ0v) is 16.2. The lowest BCUT2D eigenvalue weighted by Gasteiger charge is -2.31. The standard InChI is InChI=1S/C24H19N3O3/c25-16-17-5-10-21-23(15-17)30-22-4-2-1-3-20(22)27(21)24(28)18-6-8-19(9-7-18)26-11-13-29-14-12-26/h1-10,15H,11-14H2. The highest BCUT2D eigenvalue weighted by molar-refractivity contribution is 6.13. The monoisotopic (exact) mass is 397 g/mol. The first kappa shape index (κ1) is 18.2. The van der Waals surface area contributed by atoms with Crippen molar-refractivity contribution in [2.24, 2.45) is 0 Å². The molecular weight excluding hydrogens is 378 g/mol. The summed E-state index contributed by atoms with van der Waals surface area (Å²) in [5, 5.41) is 9.22. The summed E-state index contributed by atoms with van der Waals surface area (Å²) in [4.78, 5) is 17.4. The van der Waals surface area contributed by atoms with Crippen molar-refractivity contribution in [2.75, 3.05) is 36.1 Å². The fourth-order valence-corrected chi connectivity index (χ4v) is 3.81. The lowest BCUT2D eigenvalue weighted by atomic mass is 10.1. The van der Waals surface area contributed by atoms with Crippen molar-refractivity contribution >= 4 is 23.0 Å². The first-order chi connectivity index (χ1) is 14.7. The van der Waals surface area contributed by atoms with Gasteiger partial charge >= 0.3 is 0 Å². The Balaban J connectivity index is 1.52. The molecule has 2 heterocycles. The summed E-state index contributed by atoms with van der Waals surface area (Å²) in [6.07, 6.45) is 0. The minimum Gasteiger partial charge on any atom is -0.453 e. The van der Waals surface area contributed by atoms with E-state index in [1.165, 1.54) is 0 Å². The number of morpholine rings is 1. The molecule has 0 saturated carbocycles. The number of benzene rings is 3. The van der Waals surface area contributed by atoms with Crippen LogP contribution in [0.25, 0.3) is 0 Å². The van der Waals surface area contributed by atoms with E-state index in [0.29, 0.717) is 47.2 Å². The maximum atomic E-state index is 13.5. The average Bonchev–Trinajstić information content (AvgIpc) is 2.82. The maximum Gasteiger partial charge on any atom is 0.263 e. The van der Waals surface area contributed by atoms with Crippen molar-refractivity contribution in [3.05, 3.63) is 77.9 Å². The molecule has 0 spiro atoms. The summed E-state index contributed by atoms with van der Waals surface area (Å²) in [5.41, 5.74) is 3.44. The number of hydrogen-bond acceptors (Lipinski definition) is 5. The van der Waals surface area contributed by atoms with Gasteiger partial charge in [0.05, 0.1) is 36.2 Å². The van der Waals surface area contributed by atoms with Gasteiger partial charge in [-0.25, -0.2) is 0 Å². The molecule has 1 saturated heterocycles. The molecule has 30 heavy (non-hydrogen) atoms. The largest absolute Gasteiger partial charge is 0.453 e. The molecule has 3 aromatic rings. The average molecular weight is 397 g/mol. The Morgan fingerprint density at radius 3 is 2.40 bits per heavy atom. The highest BCUT2D eigenvalue weighted by atomic mass is 16.5. The van der Waals surface area contributed by atoms with E-state index in [9.17, 15) is 10.1 Å². The van der Waals surface area contributed by atoms with E-state index >= 15 is 0 Å².